The van der Waals surface area contributed by atoms with Crippen molar-refractivity contribution in [2.24, 2.45) is 0 Å². The summed E-state index contributed by atoms with van der Waals surface area (Å²) in [6.07, 6.45) is 0. The number of para-hydroxylation sites is 2. The zero-order chi connectivity index (χ0) is 28.3. The van der Waals surface area contributed by atoms with E-state index in [0.717, 1.165) is 39.5 Å². The van der Waals surface area contributed by atoms with E-state index >= 15 is 0 Å². The summed E-state index contributed by atoms with van der Waals surface area (Å²) in [4.78, 5) is 13.0. The monoisotopic (exact) mass is 547 g/mol. The van der Waals surface area contributed by atoms with Gasteiger partial charge in [0.1, 0.15) is 5.69 Å². The van der Waals surface area contributed by atoms with Crippen LogP contribution >= 0.6 is 0 Å². The maximum atomic E-state index is 5.36. The van der Waals surface area contributed by atoms with E-state index in [4.69, 9.17) is 9.97 Å². The lowest BCUT2D eigenvalue weighted by molar-refractivity contribution is 1.18. The molecule has 1 aliphatic heterocycles. The Morgan fingerprint density at radius 3 is 1.91 bits per heavy atom. The van der Waals surface area contributed by atoms with Gasteiger partial charge in [0.05, 0.1) is 22.4 Å². The van der Waals surface area contributed by atoms with Crippen LogP contribution in [-0.2, 0) is 0 Å². The minimum absolute atomic E-state index is 0.824. The number of hydrogen-bond donors (Lipinski definition) is 0. The molecule has 3 nitrogen and oxygen atoms in total. The molecule has 0 unspecified atom stereocenters. The molecule has 0 saturated heterocycles. The number of anilines is 3. The highest BCUT2D eigenvalue weighted by molar-refractivity contribution is 6.19. The summed E-state index contributed by atoms with van der Waals surface area (Å²) in [6, 6.07) is 53.6. The molecule has 3 heteroatoms. The van der Waals surface area contributed by atoms with E-state index in [1.807, 2.05) is 30.3 Å². The van der Waals surface area contributed by atoms with Crippen LogP contribution in [0.4, 0.5) is 17.2 Å². The lowest BCUT2D eigenvalue weighted by atomic mass is 9.88. The van der Waals surface area contributed by atoms with E-state index in [1.54, 1.807) is 0 Å². The van der Waals surface area contributed by atoms with Crippen LogP contribution in [0.25, 0.3) is 66.1 Å². The van der Waals surface area contributed by atoms with Gasteiger partial charge >= 0.3 is 0 Å². The van der Waals surface area contributed by atoms with Crippen LogP contribution in [0.1, 0.15) is 0 Å². The quantitative estimate of drug-likeness (QED) is 0.220. The zero-order valence-corrected chi connectivity index (χ0v) is 23.3. The minimum atomic E-state index is 0.824. The maximum Gasteiger partial charge on any atom is 0.165 e. The summed E-state index contributed by atoms with van der Waals surface area (Å²) in [6.45, 7) is 0. The average Bonchev–Trinajstić information content (AvgIpc) is 3.08. The molecule has 43 heavy (non-hydrogen) atoms. The van der Waals surface area contributed by atoms with Crippen LogP contribution < -0.4 is 4.90 Å². The second-order valence-electron chi connectivity index (χ2n) is 11.0. The first kappa shape index (κ1) is 23.9. The molecule has 0 aliphatic carbocycles. The highest BCUT2D eigenvalue weighted by atomic mass is 15.2. The molecule has 0 amide bonds. The third-order valence-electron chi connectivity index (χ3n) is 8.57. The molecule has 8 aromatic rings. The molecular formula is C40H25N3. The first-order chi connectivity index (χ1) is 21.3. The summed E-state index contributed by atoms with van der Waals surface area (Å²) in [5.41, 5.74) is 10.7. The van der Waals surface area contributed by atoms with E-state index in [0.29, 0.717) is 0 Å². The zero-order valence-electron chi connectivity index (χ0n) is 23.3. The molecule has 0 N–H and O–H groups in total. The first-order valence-corrected chi connectivity index (χ1v) is 14.6. The van der Waals surface area contributed by atoms with Gasteiger partial charge in [-0.3, -0.25) is 4.90 Å². The SMILES string of the molecule is c1ccc(-c2ccc(-c3nc4ccccc4nc3N3c4ccc5ccccc5c4-c4cccc5cccc3c45)cc2)cc1. The molecule has 7 aromatic carbocycles. The van der Waals surface area contributed by atoms with Gasteiger partial charge in [0.25, 0.3) is 0 Å². The predicted molar refractivity (Wildman–Crippen MR) is 179 cm³/mol. The molecule has 2 heterocycles. The standard InChI is InChI=1S/C40H25N3/c1-2-10-26(11-3-1)27-20-22-30(23-21-27)39-40(42-34-18-7-6-17-33(34)41-39)43-35-19-9-14-29-13-8-16-32(37(29)35)38-31-15-5-4-12-28(31)24-25-36(38)43/h1-25H. The first-order valence-electron chi connectivity index (χ1n) is 14.6. The van der Waals surface area contributed by atoms with Crippen molar-refractivity contribution >= 4 is 49.8 Å². The Balaban J connectivity index is 1.35. The van der Waals surface area contributed by atoms with Gasteiger partial charge < -0.3 is 0 Å². The number of aromatic nitrogens is 2. The molecule has 0 fully saturated rings. The van der Waals surface area contributed by atoms with Gasteiger partial charge in [0, 0.05) is 16.5 Å². The highest BCUT2D eigenvalue weighted by Crippen LogP contribution is 2.53. The molecule has 1 aromatic heterocycles. The van der Waals surface area contributed by atoms with Gasteiger partial charge in [0.2, 0.25) is 0 Å². The van der Waals surface area contributed by atoms with E-state index in [9.17, 15) is 0 Å². The van der Waals surface area contributed by atoms with Gasteiger partial charge in [-0.2, -0.15) is 0 Å². The normalized spacial score (nSPS) is 12.1. The Kier molecular flexibility index (Phi) is 5.20. The Bertz CT molecular complexity index is 2340. The van der Waals surface area contributed by atoms with Crippen LogP contribution in [0.3, 0.4) is 0 Å². The second-order valence-corrected chi connectivity index (χ2v) is 11.0. The third-order valence-corrected chi connectivity index (χ3v) is 8.57. The molecule has 0 bridgehead atoms. The molecule has 0 spiro atoms. The number of benzene rings is 7. The Morgan fingerprint density at radius 1 is 0.419 bits per heavy atom. The Morgan fingerprint density at radius 2 is 1.07 bits per heavy atom. The lowest BCUT2D eigenvalue weighted by Crippen LogP contribution is -2.18. The molecule has 0 atom stereocenters. The predicted octanol–water partition coefficient (Wildman–Crippen LogP) is 10.7. The van der Waals surface area contributed by atoms with Gasteiger partial charge in [-0.05, 0) is 57.1 Å². The summed E-state index contributed by atoms with van der Waals surface area (Å²) in [5.74, 6) is 0.824. The molecule has 0 radical (unpaired) electrons. The van der Waals surface area contributed by atoms with Crippen LogP contribution in [0.2, 0.25) is 0 Å². The summed E-state index contributed by atoms with van der Waals surface area (Å²) in [7, 11) is 0. The molecule has 0 saturated carbocycles. The highest BCUT2D eigenvalue weighted by Gasteiger charge is 2.30. The smallest absolute Gasteiger partial charge is 0.165 e. The van der Waals surface area contributed by atoms with Crippen LogP contribution in [0.5, 0.6) is 0 Å². The number of nitrogens with zero attached hydrogens (tertiary/aromatic N) is 3. The summed E-state index contributed by atoms with van der Waals surface area (Å²) >= 11 is 0. The minimum Gasteiger partial charge on any atom is -0.292 e. The third kappa shape index (κ3) is 3.68. The largest absolute Gasteiger partial charge is 0.292 e. The van der Waals surface area contributed by atoms with Crippen molar-refractivity contribution < 1.29 is 0 Å². The fourth-order valence-corrected chi connectivity index (χ4v) is 6.59. The fourth-order valence-electron chi connectivity index (χ4n) is 6.59. The van der Waals surface area contributed by atoms with E-state index < -0.39 is 0 Å². The maximum absolute atomic E-state index is 5.36. The van der Waals surface area contributed by atoms with Gasteiger partial charge in [-0.25, -0.2) is 9.97 Å². The van der Waals surface area contributed by atoms with Crippen molar-refractivity contribution in [1.29, 1.82) is 0 Å². The van der Waals surface area contributed by atoms with Crippen molar-refractivity contribution in [3.63, 3.8) is 0 Å². The van der Waals surface area contributed by atoms with Crippen LogP contribution in [0, 0.1) is 0 Å². The van der Waals surface area contributed by atoms with E-state index in [-0.39, 0.29) is 0 Å². The van der Waals surface area contributed by atoms with E-state index in [2.05, 4.69) is 126 Å². The number of hydrogen-bond acceptors (Lipinski definition) is 3. The van der Waals surface area contributed by atoms with Crippen molar-refractivity contribution in [3.05, 3.63) is 152 Å². The summed E-state index contributed by atoms with van der Waals surface area (Å²) < 4.78 is 0. The molecule has 9 rings (SSSR count). The van der Waals surface area contributed by atoms with Crippen molar-refractivity contribution in [3.8, 4) is 33.5 Å². The molecule has 200 valence electrons. The average molecular weight is 548 g/mol. The van der Waals surface area contributed by atoms with Crippen molar-refractivity contribution in [1.82, 2.24) is 9.97 Å². The Labute approximate surface area is 249 Å². The molecule has 1 aliphatic rings. The van der Waals surface area contributed by atoms with Crippen LogP contribution in [0.15, 0.2) is 152 Å². The number of rotatable bonds is 3. The van der Waals surface area contributed by atoms with Crippen molar-refractivity contribution in [2.75, 3.05) is 4.90 Å². The lowest BCUT2D eigenvalue weighted by Gasteiger charge is -2.34. The van der Waals surface area contributed by atoms with Crippen LogP contribution in [-0.4, -0.2) is 9.97 Å². The topological polar surface area (TPSA) is 29.0 Å². The van der Waals surface area contributed by atoms with Gasteiger partial charge in [-0.1, -0.05) is 127 Å². The number of fused-ring (bicyclic) bond motifs is 5. The van der Waals surface area contributed by atoms with Gasteiger partial charge in [0.15, 0.2) is 5.82 Å². The fraction of sp³-hybridized carbons (Fsp3) is 0. The Hall–Kier alpha value is -5.80. The molecular weight excluding hydrogens is 522 g/mol. The van der Waals surface area contributed by atoms with Crippen molar-refractivity contribution in [2.45, 2.75) is 0 Å². The second kappa shape index (κ2) is 9.37. The van der Waals surface area contributed by atoms with E-state index in [1.165, 1.54) is 43.8 Å². The van der Waals surface area contributed by atoms with Gasteiger partial charge in [-0.15, -0.1) is 0 Å². The summed E-state index contributed by atoms with van der Waals surface area (Å²) in [5, 5.41) is 4.89.